The molecule has 0 heterocycles. The molecule has 0 radical (unpaired) electrons. The first-order valence-corrected chi connectivity index (χ1v) is 8.44. The molecule has 0 aliphatic heterocycles. The maximum Gasteiger partial charge on any atom is -0.0238 e. The predicted molar refractivity (Wildman–Crippen MR) is 99.0 cm³/mol. The Bertz CT molecular complexity index is 336. The smallest absolute Gasteiger partial charge is 0.0238 e. The summed E-state index contributed by atoms with van der Waals surface area (Å²) in [6.45, 7) is 12.2. The van der Waals surface area contributed by atoms with E-state index in [2.05, 4.69) is 74.5 Å². The van der Waals surface area contributed by atoms with E-state index in [9.17, 15) is 0 Å². The van der Waals surface area contributed by atoms with Gasteiger partial charge in [0.2, 0.25) is 0 Å². The van der Waals surface area contributed by atoms with Gasteiger partial charge in [-0.05, 0) is 24.0 Å². The van der Waals surface area contributed by atoms with Crippen LogP contribution < -0.4 is 0 Å². The van der Waals surface area contributed by atoms with Gasteiger partial charge in [0.05, 0.1) is 0 Å². The van der Waals surface area contributed by atoms with Crippen molar-refractivity contribution < 1.29 is 0 Å². The van der Waals surface area contributed by atoms with Gasteiger partial charge in [-0.1, -0.05) is 109 Å². The van der Waals surface area contributed by atoms with Gasteiger partial charge in [-0.15, -0.1) is 0 Å². The van der Waals surface area contributed by atoms with Crippen molar-refractivity contribution in [1.82, 2.24) is 0 Å². The van der Waals surface area contributed by atoms with Gasteiger partial charge in [0.25, 0.3) is 0 Å². The lowest BCUT2D eigenvalue weighted by molar-refractivity contribution is 0.960. The van der Waals surface area contributed by atoms with Crippen molar-refractivity contribution in [2.45, 2.75) is 60.8 Å². The molecule has 0 bridgehead atoms. The summed E-state index contributed by atoms with van der Waals surface area (Å²) in [6, 6.07) is 21.2. The van der Waals surface area contributed by atoms with E-state index < -0.39 is 0 Å². The lowest BCUT2D eigenvalue weighted by Crippen LogP contribution is -1.89. The topological polar surface area (TPSA) is 0 Å². The van der Waals surface area contributed by atoms with E-state index in [-0.39, 0.29) is 0 Å². The highest BCUT2D eigenvalue weighted by molar-refractivity contribution is 5.19. The largest absolute Gasteiger partial charge is 0.0683 e. The molecule has 0 atom stereocenters. The zero-order valence-electron chi connectivity index (χ0n) is 14.9. The zero-order valence-corrected chi connectivity index (χ0v) is 14.9. The molecule has 0 heteroatoms. The van der Waals surface area contributed by atoms with Crippen molar-refractivity contribution in [2.75, 3.05) is 0 Å². The lowest BCUT2D eigenvalue weighted by atomic mass is 10.0. The van der Waals surface area contributed by atoms with Crippen LogP contribution in [0, 0.1) is 0 Å². The summed E-state index contributed by atoms with van der Waals surface area (Å²) in [6.07, 6.45) is 3.51. The van der Waals surface area contributed by atoms with Gasteiger partial charge in [0.1, 0.15) is 0 Å². The molecule has 2 aromatic rings. The van der Waals surface area contributed by atoms with Crippen molar-refractivity contribution in [1.29, 1.82) is 0 Å². The second-order valence-corrected chi connectivity index (χ2v) is 4.18. The molecule has 0 saturated heterocycles. The molecular weight excluding hydrogens is 252 g/mol. The Balaban J connectivity index is 0. The molecule has 0 aliphatic carbocycles. The van der Waals surface area contributed by atoms with E-state index in [0.717, 1.165) is 12.8 Å². The van der Waals surface area contributed by atoms with Crippen molar-refractivity contribution in [3.8, 4) is 0 Å². The molecule has 0 unspecified atom stereocenters. The first kappa shape index (κ1) is 21.7. The maximum absolute atomic E-state index is 2.18. The van der Waals surface area contributed by atoms with Crippen molar-refractivity contribution in [3.05, 3.63) is 71.8 Å². The van der Waals surface area contributed by atoms with E-state index in [1.165, 1.54) is 17.5 Å². The van der Waals surface area contributed by atoms with Gasteiger partial charge in [-0.3, -0.25) is 0 Å². The standard InChI is InChI=1S/C14H14.C3H8.2C2H6/c1-3-7-13(8-4-1)11-12-14-9-5-2-6-10-14;1-3-2;2*1-2/h1-10H,11-12H2;3H2,1-2H3;2*1-2H3. The Kier molecular flexibility index (Phi) is 19.1. The molecule has 2 aromatic carbocycles. The SMILES string of the molecule is CC.CC.CCC.c1ccc(CCc2ccccc2)cc1. The van der Waals surface area contributed by atoms with E-state index >= 15 is 0 Å². The van der Waals surface area contributed by atoms with Gasteiger partial charge in [-0.2, -0.15) is 0 Å². The zero-order chi connectivity index (χ0) is 16.3. The van der Waals surface area contributed by atoms with Crippen LogP contribution in [0.4, 0.5) is 0 Å². The lowest BCUT2D eigenvalue weighted by Gasteiger charge is -2.01. The fourth-order valence-electron chi connectivity index (χ4n) is 1.58. The fraction of sp³-hybridized carbons (Fsp3) is 0.429. The van der Waals surface area contributed by atoms with E-state index in [1.54, 1.807) is 0 Å². The minimum atomic E-state index is 1.13. The summed E-state index contributed by atoms with van der Waals surface area (Å²) >= 11 is 0. The summed E-state index contributed by atoms with van der Waals surface area (Å²) in [5, 5.41) is 0. The van der Waals surface area contributed by atoms with Gasteiger partial charge < -0.3 is 0 Å². The second kappa shape index (κ2) is 18.4. The van der Waals surface area contributed by atoms with E-state index in [1.807, 2.05) is 27.7 Å². The molecule has 0 saturated carbocycles. The normalized spacial score (nSPS) is 8.10. The highest BCUT2D eigenvalue weighted by atomic mass is 14.0. The first-order valence-electron chi connectivity index (χ1n) is 8.44. The quantitative estimate of drug-likeness (QED) is 0.573. The van der Waals surface area contributed by atoms with Crippen LogP contribution in [0.1, 0.15) is 59.1 Å². The van der Waals surface area contributed by atoms with E-state index in [0.29, 0.717) is 0 Å². The van der Waals surface area contributed by atoms with Crippen LogP contribution in [0.15, 0.2) is 60.7 Å². The molecular formula is C21H34. The van der Waals surface area contributed by atoms with Crippen molar-refractivity contribution >= 4 is 0 Å². The van der Waals surface area contributed by atoms with E-state index in [4.69, 9.17) is 0 Å². The van der Waals surface area contributed by atoms with Crippen LogP contribution in [0.5, 0.6) is 0 Å². The highest BCUT2D eigenvalue weighted by Crippen LogP contribution is 2.06. The Morgan fingerprint density at radius 3 is 1.00 bits per heavy atom. The third kappa shape index (κ3) is 13.2. The molecule has 0 aliphatic rings. The molecule has 0 N–H and O–H groups in total. The molecule has 0 nitrogen and oxygen atoms in total. The second-order valence-electron chi connectivity index (χ2n) is 4.18. The Morgan fingerprint density at radius 2 is 0.762 bits per heavy atom. The first-order chi connectivity index (χ1) is 10.4. The van der Waals surface area contributed by atoms with Crippen LogP contribution in [0.25, 0.3) is 0 Å². The average molecular weight is 287 g/mol. The Labute approximate surface area is 133 Å². The van der Waals surface area contributed by atoms with Gasteiger partial charge >= 0.3 is 0 Å². The molecule has 118 valence electrons. The van der Waals surface area contributed by atoms with Gasteiger partial charge in [-0.25, -0.2) is 0 Å². The van der Waals surface area contributed by atoms with Gasteiger partial charge in [0, 0.05) is 0 Å². The third-order valence-corrected chi connectivity index (χ3v) is 2.39. The number of rotatable bonds is 3. The van der Waals surface area contributed by atoms with Crippen LogP contribution in [-0.4, -0.2) is 0 Å². The fourth-order valence-corrected chi connectivity index (χ4v) is 1.58. The maximum atomic E-state index is 2.18. The third-order valence-electron chi connectivity index (χ3n) is 2.39. The predicted octanol–water partition coefficient (Wildman–Crippen LogP) is 6.94. The number of hydrogen-bond donors (Lipinski definition) is 0. The number of benzene rings is 2. The van der Waals surface area contributed by atoms with Crippen LogP contribution >= 0.6 is 0 Å². The Hall–Kier alpha value is -1.56. The van der Waals surface area contributed by atoms with Crippen LogP contribution in [0.3, 0.4) is 0 Å². The summed E-state index contributed by atoms with van der Waals surface area (Å²) in [4.78, 5) is 0. The molecule has 0 spiro atoms. The molecule has 0 fully saturated rings. The molecule has 0 aromatic heterocycles. The highest BCUT2D eigenvalue weighted by Gasteiger charge is 1.93. The number of aryl methyl sites for hydroxylation is 2. The summed E-state index contributed by atoms with van der Waals surface area (Å²) in [7, 11) is 0. The minimum Gasteiger partial charge on any atom is -0.0683 e. The van der Waals surface area contributed by atoms with Gasteiger partial charge in [0.15, 0.2) is 0 Å². The average Bonchev–Trinajstić information content (AvgIpc) is 2.59. The minimum absolute atomic E-state index is 1.13. The van der Waals surface area contributed by atoms with Crippen LogP contribution in [0.2, 0.25) is 0 Å². The van der Waals surface area contributed by atoms with Crippen molar-refractivity contribution in [3.63, 3.8) is 0 Å². The molecule has 0 amide bonds. The summed E-state index contributed by atoms with van der Waals surface area (Å²) in [5.74, 6) is 0. The molecule has 2 rings (SSSR count). The van der Waals surface area contributed by atoms with Crippen LogP contribution in [-0.2, 0) is 12.8 Å². The monoisotopic (exact) mass is 286 g/mol. The molecule has 21 heavy (non-hydrogen) atoms. The Morgan fingerprint density at radius 1 is 0.524 bits per heavy atom. The number of hydrogen-bond acceptors (Lipinski definition) is 0. The summed E-state index contributed by atoms with van der Waals surface area (Å²) < 4.78 is 0. The van der Waals surface area contributed by atoms with Crippen molar-refractivity contribution in [2.24, 2.45) is 0 Å². The summed E-state index contributed by atoms with van der Waals surface area (Å²) in [5.41, 5.74) is 2.83.